The molecule has 0 rings (SSSR count). The summed E-state index contributed by atoms with van der Waals surface area (Å²) in [6.45, 7) is 9.75. The van der Waals surface area contributed by atoms with Gasteiger partial charge in [0, 0.05) is 19.5 Å². The average Bonchev–Trinajstić information content (AvgIpc) is 2.09. The lowest BCUT2D eigenvalue weighted by Gasteiger charge is -2.30. The largest absolute Gasteiger partial charge is 0.219 e. The van der Waals surface area contributed by atoms with Crippen molar-refractivity contribution in [3.63, 3.8) is 0 Å². The first-order valence-electron chi connectivity index (χ1n) is 5.49. The number of nitrogens with zero attached hydrogens (tertiary/aromatic N) is 2. The summed E-state index contributed by atoms with van der Waals surface area (Å²) in [6, 6.07) is 1.99. The van der Waals surface area contributed by atoms with Crippen molar-refractivity contribution in [1.82, 2.24) is 4.31 Å². The van der Waals surface area contributed by atoms with Crippen molar-refractivity contribution in [2.45, 2.75) is 45.8 Å². The summed E-state index contributed by atoms with van der Waals surface area (Å²) in [4.78, 5) is 0. The Kier molecular flexibility index (Phi) is 5.43. The SMILES string of the molecule is CC(C)CN(CCC#N)S(=O)(=O)C(C)(C)C. The fourth-order valence-electron chi connectivity index (χ4n) is 1.28. The van der Waals surface area contributed by atoms with E-state index in [0.29, 0.717) is 6.54 Å². The summed E-state index contributed by atoms with van der Waals surface area (Å²) < 4.78 is 25.0. The minimum Gasteiger partial charge on any atom is -0.212 e. The normalized spacial score (nSPS) is 13.1. The van der Waals surface area contributed by atoms with Gasteiger partial charge in [-0.3, -0.25) is 0 Å². The molecule has 4 nitrogen and oxygen atoms in total. The van der Waals surface area contributed by atoms with Crippen molar-refractivity contribution < 1.29 is 8.42 Å². The number of hydrogen-bond donors (Lipinski definition) is 0. The third kappa shape index (κ3) is 4.11. The van der Waals surface area contributed by atoms with E-state index in [2.05, 4.69) is 0 Å². The molecule has 5 heteroatoms. The van der Waals surface area contributed by atoms with E-state index in [0.717, 1.165) is 0 Å². The van der Waals surface area contributed by atoms with Gasteiger partial charge in [0.05, 0.1) is 10.8 Å². The van der Waals surface area contributed by atoms with Gasteiger partial charge in [-0.15, -0.1) is 0 Å². The zero-order chi connectivity index (χ0) is 13.0. The Hall–Kier alpha value is -0.600. The van der Waals surface area contributed by atoms with E-state index in [1.807, 2.05) is 19.9 Å². The summed E-state index contributed by atoms with van der Waals surface area (Å²) in [5.74, 6) is 0.260. The fraction of sp³-hybridized carbons (Fsp3) is 0.909. The molecule has 0 aromatic rings. The molecular formula is C11H22N2O2S. The lowest BCUT2D eigenvalue weighted by Crippen LogP contribution is -2.44. The van der Waals surface area contributed by atoms with Gasteiger partial charge in [-0.25, -0.2) is 12.7 Å². The van der Waals surface area contributed by atoms with Crippen molar-refractivity contribution in [2.24, 2.45) is 5.92 Å². The molecule has 0 radical (unpaired) electrons. The van der Waals surface area contributed by atoms with Crippen molar-refractivity contribution in [3.05, 3.63) is 0 Å². The van der Waals surface area contributed by atoms with Crippen LogP contribution in [-0.4, -0.2) is 30.6 Å². The lowest BCUT2D eigenvalue weighted by atomic mass is 10.2. The summed E-state index contributed by atoms with van der Waals surface area (Å²) in [5, 5.41) is 8.55. The average molecular weight is 246 g/mol. The molecule has 0 heterocycles. The molecule has 0 fully saturated rings. The van der Waals surface area contributed by atoms with Crippen LogP contribution >= 0.6 is 0 Å². The van der Waals surface area contributed by atoms with Gasteiger partial charge in [-0.2, -0.15) is 5.26 Å². The van der Waals surface area contributed by atoms with E-state index in [1.165, 1.54) is 4.31 Å². The van der Waals surface area contributed by atoms with Gasteiger partial charge in [0.1, 0.15) is 0 Å². The highest BCUT2D eigenvalue weighted by Crippen LogP contribution is 2.21. The van der Waals surface area contributed by atoms with E-state index in [9.17, 15) is 8.42 Å². The van der Waals surface area contributed by atoms with Gasteiger partial charge >= 0.3 is 0 Å². The Morgan fingerprint density at radius 1 is 1.31 bits per heavy atom. The van der Waals surface area contributed by atoms with Gasteiger partial charge in [0.2, 0.25) is 10.0 Å². The molecule has 94 valence electrons. The van der Waals surface area contributed by atoms with Crippen LogP contribution in [0.5, 0.6) is 0 Å². The Bertz CT molecular complexity index is 347. The Labute approximate surface area is 99.3 Å². The molecule has 0 aliphatic heterocycles. The van der Waals surface area contributed by atoms with Gasteiger partial charge in [0.15, 0.2) is 0 Å². The van der Waals surface area contributed by atoms with Gasteiger partial charge in [-0.05, 0) is 26.7 Å². The second kappa shape index (κ2) is 5.65. The topological polar surface area (TPSA) is 61.2 Å². The first-order chi connectivity index (χ1) is 7.13. The molecule has 0 saturated heterocycles. The molecule has 0 spiro atoms. The van der Waals surface area contributed by atoms with Gasteiger partial charge in [-0.1, -0.05) is 13.8 Å². The van der Waals surface area contributed by atoms with Crippen LogP contribution in [0, 0.1) is 17.2 Å². The van der Waals surface area contributed by atoms with Crippen molar-refractivity contribution in [1.29, 1.82) is 5.26 Å². The van der Waals surface area contributed by atoms with Gasteiger partial charge in [0.25, 0.3) is 0 Å². The minimum absolute atomic E-state index is 0.238. The minimum atomic E-state index is -3.32. The van der Waals surface area contributed by atoms with Crippen LogP contribution in [0.1, 0.15) is 41.0 Å². The first kappa shape index (κ1) is 15.4. The van der Waals surface area contributed by atoms with E-state index in [-0.39, 0.29) is 18.9 Å². The molecular weight excluding hydrogens is 224 g/mol. The number of rotatable bonds is 5. The molecule has 0 N–H and O–H groups in total. The number of sulfonamides is 1. The molecule has 0 unspecified atom stereocenters. The zero-order valence-electron chi connectivity index (χ0n) is 10.8. The van der Waals surface area contributed by atoms with E-state index < -0.39 is 14.8 Å². The molecule has 16 heavy (non-hydrogen) atoms. The number of hydrogen-bond acceptors (Lipinski definition) is 3. The fourth-order valence-corrected chi connectivity index (χ4v) is 2.88. The summed E-state index contributed by atoms with van der Waals surface area (Å²) in [5.41, 5.74) is 0. The molecule has 0 aliphatic rings. The summed E-state index contributed by atoms with van der Waals surface area (Å²) in [7, 11) is -3.32. The molecule has 0 saturated carbocycles. The molecule has 0 atom stereocenters. The second-order valence-corrected chi connectivity index (χ2v) is 7.97. The van der Waals surface area contributed by atoms with E-state index in [4.69, 9.17) is 5.26 Å². The molecule has 0 aromatic carbocycles. The van der Waals surface area contributed by atoms with Crippen molar-refractivity contribution >= 4 is 10.0 Å². The Balaban J connectivity index is 4.97. The van der Waals surface area contributed by atoms with Crippen LogP contribution in [0.4, 0.5) is 0 Å². The second-order valence-electron chi connectivity index (χ2n) is 5.28. The summed E-state index contributed by atoms with van der Waals surface area (Å²) >= 11 is 0. The van der Waals surface area contributed by atoms with Gasteiger partial charge < -0.3 is 0 Å². The standard InChI is InChI=1S/C11H22N2O2S/c1-10(2)9-13(8-6-7-12)16(14,15)11(3,4)5/h10H,6,8-9H2,1-5H3. The monoisotopic (exact) mass is 246 g/mol. The number of nitriles is 1. The Morgan fingerprint density at radius 3 is 2.12 bits per heavy atom. The third-order valence-corrected chi connectivity index (χ3v) is 4.71. The molecule has 0 bridgehead atoms. The molecule has 0 aliphatic carbocycles. The Morgan fingerprint density at radius 2 is 1.81 bits per heavy atom. The van der Waals surface area contributed by atoms with Crippen molar-refractivity contribution in [2.75, 3.05) is 13.1 Å². The maximum atomic E-state index is 12.2. The van der Waals surface area contributed by atoms with Crippen LogP contribution in [0.25, 0.3) is 0 Å². The predicted octanol–water partition coefficient (Wildman–Crippen LogP) is 1.99. The highest BCUT2D eigenvalue weighted by atomic mass is 32.2. The molecule has 0 aromatic heterocycles. The van der Waals surface area contributed by atoms with Crippen LogP contribution in [0.3, 0.4) is 0 Å². The van der Waals surface area contributed by atoms with Crippen LogP contribution in [-0.2, 0) is 10.0 Å². The summed E-state index contributed by atoms with van der Waals surface area (Å²) in [6.07, 6.45) is 0.238. The maximum Gasteiger partial charge on any atom is 0.219 e. The van der Waals surface area contributed by atoms with Crippen LogP contribution < -0.4 is 0 Å². The lowest BCUT2D eigenvalue weighted by molar-refractivity contribution is 0.361. The quantitative estimate of drug-likeness (QED) is 0.745. The maximum absolute atomic E-state index is 12.2. The first-order valence-corrected chi connectivity index (χ1v) is 6.93. The smallest absolute Gasteiger partial charge is 0.212 e. The predicted molar refractivity (Wildman–Crippen MR) is 65.3 cm³/mol. The molecule has 0 amide bonds. The van der Waals surface area contributed by atoms with Crippen LogP contribution in [0.15, 0.2) is 0 Å². The van der Waals surface area contributed by atoms with Crippen molar-refractivity contribution in [3.8, 4) is 6.07 Å². The van der Waals surface area contributed by atoms with Crippen LogP contribution in [0.2, 0.25) is 0 Å². The van der Waals surface area contributed by atoms with E-state index >= 15 is 0 Å². The van der Waals surface area contributed by atoms with E-state index in [1.54, 1.807) is 20.8 Å². The third-order valence-electron chi connectivity index (χ3n) is 2.16. The zero-order valence-corrected chi connectivity index (χ0v) is 11.6. The highest BCUT2D eigenvalue weighted by molar-refractivity contribution is 7.90. The highest BCUT2D eigenvalue weighted by Gasteiger charge is 2.35.